The largest absolute Gasteiger partial charge is 0.492 e. The second-order valence-corrected chi connectivity index (χ2v) is 7.14. The van der Waals surface area contributed by atoms with E-state index in [-0.39, 0.29) is 5.91 Å². The van der Waals surface area contributed by atoms with Gasteiger partial charge in [0.1, 0.15) is 11.3 Å². The van der Waals surface area contributed by atoms with Gasteiger partial charge >= 0.3 is 0 Å². The van der Waals surface area contributed by atoms with Gasteiger partial charge in [-0.25, -0.2) is 0 Å². The summed E-state index contributed by atoms with van der Waals surface area (Å²) in [5, 5.41) is 0.585. The standard InChI is InChI=1S/C20H21ClN2O3S/c1-3-25-13-12-23-18-16(26-4-2)6-5-7-17(18)27-20(23)22-19(24)14-8-10-15(21)11-9-14/h5-11H,3-4,12-13H2,1-2H3. The topological polar surface area (TPSA) is 52.8 Å². The summed E-state index contributed by atoms with van der Waals surface area (Å²) in [5.74, 6) is 0.476. The molecular formula is C20H21ClN2O3S. The summed E-state index contributed by atoms with van der Waals surface area (Å²) >= 11 is 7.36. The number of benzene rings is 2. The molecule has 5 nitrogen and oxygen atoms in total. The number of ether oxygens (including phenoxy) is 2. The Labute approximate surface area is 166 Å². The molecule has 2 aromatic carbocycles. The fourth-order valence-electron chi connectivity index (χ4n) is 2.71. The first-order chi connectivity index (χ1) is 13.1. The molecular weight excluding hydrogens is 384 g/mol. The van der Waals surface area contributed by atoms with Crippen LogP contribution < -0.4 is 9.54 Å². The van der Waals surface area contributed by atoms with E-state index in [1.165, 1.54) is 11.3 Å². The Morgan fingerprint density at radius 2 is 1.93 bits per heavy atom. The molecule has 142 valence electrons. The van der Waals surface area contributed by atoms with Crippen molar-refractivity contribution in [1.82, 2.24) is 4.57 Å². The van der Waals surface area contributed by atoms with Crippen molar-refractivity contribution in [3.8, 4) is 5.75 Å². The average Bonchev–Trinajstić information content (AvgIpc) is 3.01. The molecule has 1 heterocycles. The number of hydrogen-bond acceptors (Lipinski definition) is 4. The van der Waals surface area contributed by atoms with Gasteiger partial charge in [-0.3, -0.25) is 4.79 Å². The van der Waals surface area contributed by atoms with E-state index >= 15 is 0 Å². The molecule has 0 bridgehead atoms. The number of rotatable bonds is 7. The molecule has 0 spiro atoms. The van der Waals surface area contributed by atoms with E-state index in [9.17, 15) is 4.79 Å². The molecule has 0 fully saturated rings. The Balaban J connectivity index is 2.09. The summed E-state index contributed by atoms with van der Waals surface area (Å²) in [6.07, 6.45) is 0. The quantitative estimate of drug-likeness (QED) is 0.543. The molecule has 0 atom stereocenters. The summed E-state index contributed by atoms with van der Waals surface area (Å²) in [6.45, 7) is 6.23. The minimum Gasteiger partial charge on any atom is -0.492 e. The van der Waals surface area contributed by atoms with Crippen molar-refractivity contribution in [3.05, 3.63) is 57.9 Å². The lowest BCUT2D eigenvalue weighted by Gasteiger charge is -2.09. The van der Waals surface area contributed by atoms with E-state index in [2.05, 4.69) is 4.99 Å². The molecule has 0 N–H and O–H groups in total. The fraction of sp³-hybridized carbons (Fsp3) is 0.300. The molecule has 0 aliphatic rings. The van der Waals surface area contributed by atoms with Crippen molar-refractivity contribution in [2.24, 2.45) is 4.99 Å². The smallest absolute Gasteiger partial charge is 0.279 e. The zero-order valence-electron chi connectivity index (χ0n) is 15.3. The van der Waals surface area contributed by atoms with Crippen LogP contribution in [0.5, 0.6) is 5.75 Å². The van der Waals surface area contributed by atoms with Crippen LogP contribution in [0.15, 0.2) is 47.5 Å². The van der Waals surface area contributed by atoms with E-state index in [0.717, 1.165) is 16.0 Å². The first kappa shape index (κ1) is 19.6. The number of carbonyl (C=O) groups excluding carboxylic acids is 1. The SMILES string of the molecule is CCOCCn1c(=NC(=O)c2ccc(Cl)cc2)sc2cccc(OCC)c21. The maximum absolute atomic E-state index is 12.6. The van der Waals surface area contributed by atoms with Crippen molar-refractivity contribution >= 4 is 39.1 Å². The molecule has 0 saturated heterocycles. The van der Waals surface area contributed by atoms with Gasteiger partial charge in [0.05, 0.1) is 17.9 Å². The first-order valence-corrected chi connectivity index (χ1v) is 10.0. The molecule has 27 heavy (non-hydrogen) atoms. The number of para-hydroxylation sites is 1. The van der Waals surface area contributed by atoms with Crippen molar-refractivity contribution < 1.29 is 14.3 Å². The maximum atomic E-state index is 12.6. The van der Waals surface area contributed by atoms with E-state index in [1.54, 1.807) is 24.3 Å². The molecule has 0 saturated carbocycles. The van der Waals surface area contributed by atoms with Gasteiger partial charge in [-0.05, 0) is 50.2 Å². The normalized spacial score (nSPS) is 11.9. The Kier molecular flexibility index (Phi) is 6.66. The number of amides is 1. The van der Waals surface area contributed by atoms with Crippen molar-refractivity contribution in [1.29, 1.82) is 0 Å². The van der Waals surface area contributed by atoms with Crippen LogP contribution in [0.25, 0.3) is 10.2 Å². The predicted molar refractivity (Wildman–Crippen MR) is 109 cm³/mol. The van der Waals surface area contributed by atoms with Gasteiger partial charge in [0.2, 0.25) is 0 Å². The number of fused-ring (bicyclic) bond motifs is 1. The Morgan fingerprint density at radius 1 is 1.15 bits per heavy atom. The summed E-state index contributed by atoms with van der Waals surface area (Å²) in [5.41, 5.74) is 1.44. The van der Waals surface area contributed by atoms with E-state index in [0.29, 0.717) is 41.8 Å². The third-order valence-corrected chi connectivity index (χ3v) is 5.21. The molecule has 1 amide bonds. The number of carbonyl (C=O) groups is 1. The zero-order valence-corrected chi connectivity index (χ0v) is 16.8. The zero-order chi connectivity index (χ0) is 19.2. The van der Waals surface area contributed by atoms with Gasteiger partial charge in [-0.2, -0.15) is 4.99 Å². The molecule has 0 radical (unpaired) electrons. The van der Waals surface area contributed by atoms with Crippen LogP contribution in [0.4, 0.5) is 0 Å². The summed E-state index contributed by atoms with van der Waals surface area (Å²) in [4.78, 5) is 17.6. The first-order valence-electron chi connectivity index (χ1n) is 8.81. The molecule has 1 aromatic heterocycles. The lowest BCUT2D eigenvalue weighted by Crippen LogP contribution is -2.20. The van der Waals surface area contributed by atoms with Crippen LogP contribution in [-0.4, -0.2) is 30.3 Å². The van der Waals surface area contributed by atoms with Gasteiger partial charge in [0.25, 0.3) is 5.91 Å². The van der Waals surface area contributed by atoms with Crippen LogP contribution in [0.3, 0.4) is 0 Å². The summed E-state index contributed by atoms with van der Waals surface area (Å²) in [6, 6.07) is 12.6. The van der Waals surface area contributed by atoms with Crippen LogP contribution in [-0.2, 0) is 11.3 Å². The van der Waals surface area contributed by atoms with E-state index in [4.69, 9.17) is 21.1 Å². The number of nitrogens with zero attached hydrogens (tertiary/aromatic N) is 2. The van der Waals surface area contributed by atoms with Crippen LogP contribution in [0.2, 0.25) is 5.02 Å². The second-order valence-electron chi connectivity index (χ2n) is 5.69. The average molecular weight is 405 g/mol. The number of aromatic nitrogens is 1. The molecule has 0 aliphatic carbocycles. The minimum atomic E-state index is -0.304. The van der Waals surface area contributed by atoms with Crippen LogP contribution in [0.1, 0.15) is 24.2 Å². The maximum Gasteiger partial charge on any atom is 0.279 e. The molecule has 7 heteroatoms. The Morgan fingerprint density at radius 3 is 2.63 bits per heavy atom. The third-order valence-electron chi connectivity index (χ3n) is 3.92. The molecule has 0 unspecified atom stereocenters. The number of halogens is 1. The minimum absolute atomic E-state index is 0.304. The second kappa shape index (κ2) is 9.17. The van der Waals surface area contributed by atoms with E-state index < -0.39 is 0 Å². The van der Waals surface area contributed by atoms with Crippen molar-refractivity contribution in [2.45, 2.75) is 20.4 Å². The monoisotopic (exact) mass is 404 g/mol. The highest BCUT2D eigenvalue weighted by molar-refractivity contribution is 7.16. The van der Waals surface area contributed by atoms with Gasteiger partial charge in [0.15, 0.2) is 4.80 Å². The fourth-order valence-corrected chi connectivity index (χ4v) is 3.90. The lowest BCUT2D eigenvalue weighted by molar-refractivity contribution is 0.0996. The number of thiazole rings is 1. The van der Waals surface area contributed by atoms with Gasteiger partial charge in [0, 0.05) is 23.7 Å². The van der Waals surface area contributed by atoms with Gasteiger partial charge in [-0.1, -0.05) is 29.0 Å². The molecule has 3 aromatic rings. The lowest BCUT2D eigenvalue weighted by atomic mass is 10.2. The number of hydrogen-bond donors (Lipinski definition) is 0. The van der Waals surface area contributed by atoms with Crippen molar-refractivity contribution in [2.75, 3.05) is 19.8 Å². The summed E-state index contributed by atoms with van der Waals surface area (Å²) < 4.78 is 14.3. The highest BCUT2D eigenvalue weighted by Crippen LogP contribution is 2.27. The Hall–Kier alpha value is -2.15. The molecule has 0 aliphatic heterocycles. The highest BCUT2D eigenvalue weighted by atomic mass is 35.5. The van der Waals surface area contributed by atoms with Gasteiger partial charge < -0.3 is 14.0 Å². The van der Waals surface area contributed by atoms with Crippen LogP contribution >= 0.6 is 22.9 Å². The Bertz CT molecular complexity index is 993. The van der Waals surface area contributed by atoms with Crippen LogP contribution in [0, 0.1) is 0 Å². The van der Waals surface area contributed by atoms with E-state index in [1.807, 2.05) is 36.6 Å². The predicted octanol–water partition coefficient (Wildman–Crippen LogP) is 4.53. The van der Waals surface area contributed by atoms with Crippen molar-refractivity contribution in [3.63, 3.8) is 0 Å². The third kappa shape index (κ3) is 4.58. The summed E-state index contributed by atoms with van der Waals surface area (Å²) in [7, 11) is 0. The van der Waals surface area contributed by atoms with Gasteiger partial charge in [-0.15, -0.1) is 0 Å². The molecule has 3 rings (SSSR count). The highest BCUT2D eigenvalue weighted by Gasteiger charge is 2.13.